The molecule has 2 amide bonds. The van der Waals surface area contributed by atoms with Crippen LogP contribution in [0.3, 0.4) is 0 Å². The van der Waals surface area contributed by atoms with Gasteiger partial charge in [-0.25, -0.2) is 4.39 Å². The molecule has 1 aliphatic rings. The molecule has 0 saturated heterocycles. The van der Waals surface area contributed by atoms with Crippen LogP contribution in [0.4, 0.5) is 4.39 Å². The molecule has 3 aromatic carbocycles. The molecule has 4 aromatic rings. The Hall–Kier alpha value is -4.14. The summed E-state index contributed by atoms with van der Waals surface area (Å²) in [7, 11) is 0. The summed E-state index contributed by atoms with van der Waals surface area (Å²) in [5, 5.41) is 24.2. The molecule has 5 rings (SSSR count). The number of carbonyl (C=O) groups excluding carboxylic acids is 2. The van der Waals surface area contributed by atoms with Gasteiger partial charge in [-0.05, 0) is 59.0 Å². The molecule has 0 aliphatic carbocycles. The van der Waals surface area contributed by atoms with E-state index in [1.165, 1.54) is 17.0 Å². The number of nitrogens with one attached hydrogen (secondary N) is 1. The van der Waals surface area contributed by atoms with Crippen LogP contribution in [-0.2, 0) is 22.7 Å². The minimum Gasteiger partial charge on any atom is -0.380 e. The lowest BCUT2D eigenvalue weighted by Gasteiger charge is -2.24. The Morgan fingerprint density at radius 2 is 1.62 bits per heavy atom. The standard InChI is InChI=1S/C29H26FN3O4/c1-17(18-6-8-19(9-7-18)23-12-13-31-25-11-10-22(30)14-24(23)25)32-28(36)26(34)27(35)29(37)33-15-20-4-2-3-5-21(20)16-33/h2-14,17,26-27,34-35H,15-16H2,1H3,(H,32,36)/t17-,26-,27-/m1/s1. The van der Waals surface area contributed by atoms with Crippen molar-refractivity contribution in [1.82, 2.24) is 15.2 Å². The fraction of sp³-hybridized carbons (Fsp3) is 0.207. The number of amides is 2. The molecule has 3 atom stereocenters. The number of pyridine rings is 1. The van der Waals surface area contributed by atoms with E-state index in [1.54, 1.807) is 19.2 Å². The molecule has 1 aromatic heterocycles. The molecule has 7 nitrogen and oxygen atoms in total. The second-order valence-electron chi connectivity index (χ2n) is 9.22. The molecular weight excluding hydrogens is 473 g/mol. The van der Waals surface area contributed by atoms with Crippen LogP contribution in [0.15, 0.2) is 79.0 Å². The Balaban J connectivity index is 1.23. The zero-order chi connectivity index (χ0) is 26.1. The summed E-state index contributed by atoms with van der Waals surface area (Å²) in [6.07, 6.45) is -2.11. The maximum absolute atomic E-state index is 13.8. The van der Waals surface area contributed by atoms with Crippen molar-refractivity contribution in [2.75, 3.05) is 0 Å². The fourth-order valence-corrected chi connectivity index (χ4v) is 4.66. The van der Waals surface area contributed by atoms with Gasteiger partial charge in [0.15, 0.2) is 12.2 Å². The lowest BCUT2D eigenvalue weighted by molar-refractivity contribution is -0.153. The van der Waals surface area contributed by atoms with Crippen LogP contribution >= 0.6 is 0 Å². The van der Waals surface area contributed by atoms with Gasteiger partial charge in [-0.1, -0.05) is 48.5 Å². The van der Waals surface area contributed by atoms with Crippen LogP contribution in [0.25, 0.3) is 22.0 Å². The zero-order valence-corrected chi connectivity index (χ0v) is 20.1. The Morgan fingerprint density at radius 3 is 2.30 bits per heavy atom. The average Bonchev–Trinajstić information content (AvgIpc) is 3.36. The smallest absolute Gasteiger partial charge is 0.255 e. The summed E-state index contributed by atoms with van der Waals surface area (Å²) in [5.41, 5.74) is 5.07. The van der Waals surface area contributed by atoms with Crippen LogP contribution < -0.4 is 5.32 Å². The number of fused-ring (bicyclic) bond motifs is 2. The van der Waals surface area contributed by atoms with Gasteiger partial charge in [0, 0.05) is 24.7 Å². The number of aromatic nitrogens is 1. The molecule has 0 unspecified atom stereocenters. The van der Waals surface area contributed by atoms with Gasteiger partial charge in [-0.2, -0.15) is 0 Å². The molecule has 2 heterocycles. The van der Waals surface area contributed by atoms with E-state index in [2.05, 4.69) is 10.3 Å². The van der Waals surface area contributed by atoms with Crippen molar-refractivity contribution in [2.45, 2.75) is 38.3 Å². The maximum atomic E-state index is 13.8. The van der Waals surface area contributed by atoms with E-state index in [9.17, 15) is 24.2 Å². The van der Waals surface area contributed by atoms with Gasteiger partial charge >= 0.3 is 0 Å². The van der Waals surface area contributed by atoms with Gasteiger partial charge in [0.25, 0.3) is 11.8 Å². The topological polar surface area (TPSA) is 103 Å². The van der Waals surface area contributed by atoms with Gasteiger partial charge in [-0.3, -0.25) is 14.6 Å². The van der Waals surface area contributed by atoms with Crippen LogP contribution in [0.2, 0.25) is 0 Å². The summed E-state index contributed by atoms with van der Waals surface area (Å²) in [4.78, 5) is 31.0. The summed E-state index contributed by atoms with van der Waals surface area (Å²) in [6.45, 7) is 2.38. The predicted molar refractivity (Wildman–Crippen MR) is 136 cm³/mol. The van der Waals surface area contributed by atoms with E-state index in [0.29, 0.717) is 24.0 Å². The lowest BCUT2D eigenvalue weighted by Crippen LogP contribution is -2.50. The van der Waals surface area contributed by atoms with Crippen molar-refractivity contribution in [3.63, 3.8) is 0 Å². The number of aliphatic hydroxyl groups excluding tert-OH is 2. The van der Waals surface area contributed by atoms with Gasteiger partial charge in [0.05, 0.1) is 11.6 Å². The molecule has 0 bridgehead atoms. The number of hydrogen-bond donors (Lipinski definition) is 3. The highest BCUT2D eigenvalue weighted by Crippen LogP contribution is 2.29. The quantitative estimate of drug-likeness (QED) is 0.377. The maximum Gasteiger partial charge on any atom is 0.255 e. The summed E-state index contributed by atoms with van der Waals surface area (Å²) in [6, 6.07) is 20.7. The van der Waals surface area contributed by atoms with E-state index >= 15 is 0 Å². The number of halogens is 1. The van der Waals surface area contributed by atoms with E-state index < -0.39 is 30.1 Å². The monoisotopic (exact) mass is 499 g/mol. The van der Waals surface area contributed by atoms with E-state index in [1.807, 2.05) is 54.6 Å². The molecule has 8 heteroatoms. The minimum atomic E-state index is -1.91. The molecule has 1 aliphatic heterocycles. The summed E-state index contributed by atoms with van der Waals surface area (Å²) < 4.78 is 13.8. The second kappa shape index (κ2) is 10.1. The Kier molecular flexibility index (Phi) is 6.69. The van der Waals surface area contributed by atoms with Crippen LogP contribution in [0.5, 0.6) is 0 Å². The van der Waals surface area contributed by atoms with Crippen LogP contribution in [0, 0.1) is 5.82 Å². The first-order chi connectivity index (χ1) is 17.8. The normalized spacial score (nSPS) is 15.2. The third kappa shape index (κ3) is 4.94. The molecular formula is C29H26FN3O4. The average molecular weight is 500 g/mol. The number of hydrogen-bond acceptors (Lipinski definition) is 5. The summed E-state index contributed by atoms with van der Waals surface area (Å²) >= 11 is 0. The Labute approximate surface area is 213 Å². The first-order valence-corrected chi connectivity index (χ1v) is 12.0. The third-order valence-electron chi connectivity index (χ3n) is 6.76. The first kappa shape index (κ1) is 24.5. The van der Waals surface area contributed by atoms with E-state index in [-0.39, 0.29) is 5.82 Å². The fourth-order valence-electron chi connectivity index (χ4n) is 4.66. The molecule has 0 spiro atoms. The molecule has 188 valence electrons. The van der Waals surface area contributed by atoms with Gasteiger partial charge in [-0.15, -0.1) is 0 Å². The number of aliphatic hydroxyl groups is 2. The highest BCUT2D eigenvalue weighted by molar-refractivity contribution is 5.94. The number of benzene rings is 3. The predicted octanol–water partition coefficient (Wildman–Crippen LogP) is 3.48. The van der Waals surface area contributed by atoms with E-state index in [4.69, 9.17) is 0 Å². The Morgan fingerprint density at radius 1 is 0.946 bits per heavy atom. The Bertz CT molecular complexity index is 1450. The molecule has 0 fully saturated rings. The number of nitrogens with zero attached hydrogens (tertiary/aromatic N) is 2. The van der Waals surface area contributed by atoms with Crippen LogP contribution in [0.1, 0.15) is 29.7 Å². The van der Waals surface area contributed by atoms with Crippen molar-refractivity contribution < 1.29 is 24.2 Å². The molecule has 0 saturated carbocycles. The molecule has 3 N–H and O–H groups in total. The van der Waals surface area contributed by atoms with Gasteiger partial charge in [0.2, 0.25) is 0 Å². The molecule has 0 radical (unpaired) electrons. The van der Waals surface area contributed by atoms with E-state index in [0.717, 1.165) is 27.8 Å². The summed E-state index contributed by atoms with van der Waals surface area (Å²) in [5.74, 6) is -1.88. The number of rotatable bonds is 6. The highest BCUT2D eigenvalue weighted by Gasteiger charge is 2.35. The van der Waals surface area contributed by atoms with Gasteiger partial charge < -0.3 is 20.4 Å². The van der Waals surface area contributed by atoms with Crippen molar-refractivity contribution >= 4 is 22.7 Å². The zero-order valence-electron chi connectivity index (χ0n) is 20.1. The highest BCUT2D eigenvalue weighted by atomic mass is 19.1. The largest absolute Gasteiger partial charge is 0.380 e. The van der Waals surface area contributed by atoms with Crippen molar-refractivity contribution in [3.05, 3.63) is 102 Å². The SMILES string of the molecule is C[C@@H](NC(=O)[C@H](O)[C@@H](O)C(=O)N1Cc2ccccc2C1)c1ccc(-c2ccnc3ccc(F)cc23)cc1. The first-order valence-electron chi connectivity index (χ1n) is 12.0. The number of carbonyl (C=O) groups is 2. The van der Waals surface area contributed by atoms with Crippen molar-refractivity contribution in [3.8, 4) is 11.1 Å². The molecule has 37 heavy (non-hydrogen) atoms. The van der Waals surface area contributed by atoms with Crippen molar-refractivity contribution in [1.29, 1.82) is 0 Å². The van der Waals surface area contributed by atoms with Gasteiger partial charge in [0.1, 0.15) is 5.82 Å². The second-order valence-corrected chi connectivity index (χ2v) is 9.22. The van der Waals surface area contributed by atoms with Crippen molar-refractivity contribution in [2.24, 2.45) is 0 Å². The van der Waals surface area contributed by atoms with Crippen LogP contribution in [-0.4, -0.2) is 44.1 Å². The lowest BCUT2D eigenvalue weighted by atomic mass is 9.98. The minimum absolute atomic E-state index is 0.322. The third-order valence-corrected chi connectivity index (χ3v) is 6.76.